The zero-order chi connectivity index (χ0) is 17.8. The Morgan fingerprint density at radius 3 is 2.81 bits per heavy atom. The summed E-state index contributed by atoms with van der Waals surface area (Å²) in [6.45, 7) is 3.72. The molecule has 2 aromatic rings. The van der Waals surface area contributed by atoms with Crippen LogP contribution < -0.4 is 5.73 Å². The molecular weight excluding hydrogens is 364 g/mol. The Morgan fingerprint density at radius 2 is 2.11 bits per heavy atom. The van der Waals surface area contributed by atoms with Crippen molar-refractivity contribution >= 4 is 29.4 Å². The second kappa shape index (κ2) is 7.06. The molecule has 1 aliphatic heterocycles. The number of fused-ring (bicyclic) bond motifs is 2. The summed E-state index contributed by atoms with van der Waals surface area (Å²) in [5, 5.41) is 5.04. The molecule has 3 unspecified atom stereocenters. The lowest BCUT2D eigenvalue weighted by molar-refractivity contribution is 0.0781. The quantitative estimate of drug-likeness (QED) is 0.865. The second-order valence-electron chi connectivity index (χ2n) is 8.30. The van der Waals surface area contributed by atoms with Crippen LogP contribution in [0.4, 0.5) is 0 Å². The maximum absolute atomic E-state index is 13.4. The summed E-state index contributed by atoms with van der Waals surface area (Å²) in [5.74, 6) is 1.59. The molecule has 2 aliphatic carbocycles. The van der Waals surface area contributed by atoms with E-state index < -0.39 is 0 Å². The normalized spacial score (nSPS) is 27.0. The highest BCUT2D eigenvalue weighted by Gasteiger charge is 2.43. The summed E-state index contributed by atoms with van der Waals surface area (Å²) < 4.78 is 5.51. The largest absolute Gasteiger partial charge is 0.338 e. The summed E-state index contributed by atoms with van der Waals surface area (Å²) in [6.07, 6.45) is 6.28. The lowest BCUT2D eigenvalue weighted by Crippen LogP contribution is -2.33. The van der Waals surface area contributed by atoms with E-state index >= 15 is 0 Å². The van der Waals surface area contributed by atoms with Crippen LogP contribution in [0.25, 0.3) is 11.1 Å². The van der Waals surface area contributed by atoms with Crippen molar-refractivity contribution in [2.45, 2.75) is 57.4 Å². The van der Waals surface area contributed by atoms with Crippen LogP contribution in [0.5, 0.6) is 0 Å². The summed E-state index contributed by atoms with van der Waals surface area (Å²) in [5.41, 5.74) is 9.36. The fourth-order valence-corrected chi connectivity index (χ4v) is 4.84. The molecule has 1 saturated heterocycles. The van der Waals surface area contributed by atoms with E-state index in [4.69, 9.17) is 10.3 Å². The molecule has 2 saturated carbocycles. The molecule has 0 aromatic carbocycles. The van der Waals surface area contributed by atoms with Crippen LogP contribution in [0, 0.1) is 11.8 Å². The smallest absolute Gasteiger partial charge is 0.259 e. The molecule has 3 aliphatic rings. The molecule has 27 heavy (non-hydrogen) atoms. The Kier molecular flexibility index (Phi) is 4.89. The third kappa shape index (κ3) is 3.13. The maximum Gasteiger partial charge on any atom is 0.259 e. The molecule has 1 amide bonds. The van der Waals surface area contributed by atoms with E-state index in [9.17, 15) is 4.79 Å². The van der Waals surface area contributed by atoms with E-state index in [1.165, 1.54) is 0 Å². The number of rotatable bonds is 4. The van der Waals surface area contributed by atoms with Crippen molar-refractivity contribution < 1.29 is 9.32 Å². The molecule has 7 heteroatoms. The zero-order valence-corrected chi connectivity index (χ0v) is 16.5. The fraction of sp³-hybridized carbons (Fsp3) is 0.650. The third-order valence-corrected chi connectivity index (χ3v) is 6.45. The molecule has 6 nitrogen and oxygen atoms in total. The number of likely N-dealkylation sites (tertiary alicyclic amines) is 1. The van der Waals surface area contributed by atoms with Crippen molar-refractivity contribution in [3.05, 3.63) is 23.0 Å². The molecule has 2 aromatic heterocycles. The molecule has 5 rings (SSSR count). The predicted molar refractivity (Wildman–Crippen MR) is 105 cm³/mol. The molecule has 3 fully saturated rings. The van der Waals surface area contributed by atoms with E-state index in [1.54, 1.807) is 0 Å². The Bertz CT molecular complexity index is 863. The number of aryl methyl sites for hydroxylation is 1. The minimum atomic E-state index is 0. The molecule has 2 N–H and O–H groups in total. The molecule has 0 bridgehead atoms. The van der Waals surface area contributed by atoms with E-state index in [-0.39, 0.29) is 24.4 Å². The number of amides is 1. The Labute approximate surface area is 165 Å². The fourth-order valence-electron chi connectivity index (χ4n) is 4.84. The predicted octanol–water partition coefficient (Wildman–Crippen LogP) is 3.28. The van der Waals surface area contributed by atoms with Crippen LogP contribution in [0.2, 0.25) is 0 Å². The monoisotopic (exact) mass is 390 g/mol. The summed E-state index contributed by atoms with van der Waals surface area (Å²) >= 11 is 0. The van der Waals surface area contributed by atoms with Crippen LogP contribution in [0.3, 0.4) is 0 Å². The number of nitrogens with two attached hydrogens (primary N) is 1. The van der Waals surface area contributed by atoms with E-state index in [0.29, 0.717) is 23.5 Å². The second-order valence-corrected chi connectivity index (χ2v) is 8.30. The van der Waals surface area contributed by atoms with Crippen molar-refractivity contribution in [1.82, 2.24) is 15.0 Å². The van der Waals surface area contributed by atoms with Gasteiger partial charge in [-0.05, 0) is 50.0 Å². The van der Waals surface area contributed by atoms with Gasteiger partial charge in [-0.3, -0.25) is 4.79 Å². The Hall–Kier alpha value is -1.66. The van der Waals surface area contributed by atoms with Gasteiger partial charge in [0.2, 0.25) is 0 Å². The van der Waals surface area contributed by atoms with Crippen LogP contribution in [-0.2, 0) is 6.42 Å². The highest BCUT2D eigenvalue weighted by atomic mass is 35.5. The van der Waals surface area contributed by atoms with E-state index in [0.717, 1.165) is 74.0 Å². The van der Waals surface area contributed by atoms with Gasteiger partial charge in [0.15, 0.2) is 0 Å². The first kappa shape index (κ1) is 18.7. The number of carbonyl (C=O) groups is 1. The average molecular weight is 391 g/mol. The molecule has 3 heterocycles. The average Bonchev–Trinajstić information content (AvgIpc) is 3.14. The van der Waals surface area contributed by atoms with Crippen LogP contribution in [0.15, 0.2) is 10.6 Å². The maximum atomic E-state index is 13.4. The zero-order valence-electron chi connectivity index (χ0n) is 15.7. The van der Waals surface area contributed by atoms with Gasteiger partial charge in [0.05, 0.1) is 16.6 Å². The van der Waals surface area contributed by atoms with Gasteiger partial charge in [0.25, 0.3) is 11.6 Å². The number of hydrogen-bond acceptors (Lipinski definition) is 5. The first-order chi connectivity index (χ1) is 12.7. The van der Waals surface area contributed by atoms with Crippen molar-refractivity contribution in [3.63, 3.8) is 0 Å². The van der Waals surface area contributed by atoms with Gasteiger partial charge in [-0.15, -0.1) is 12.4 Å². The van der Waals surface area contributed by atoms with Gasteiger partial charge in [-0.2, -0.15) is 0 Å². The standard InChI is InChI=1S/C20H26N4O2.ClH/c1-2-3-16-18-13(8-17(11-4-5-11)22-19(18)26-23-16)20(25)24-9-12-6-7-15(21)14(12)10-24;/h8,11-12,14-15H,2-7,9-10,21H2,1H3;1H. The number of hydrogen-bond donors (Lipinski definition) is 1. The van der Waals surface area contributed by atoms with E-state index in [2.05, 4.69) is 17.1 Å². The van der Waals surface area contributed by atoms with Gasteiger partial charge in [-0.25, -0.2) is 4.98 Å². The van der Waals surface area contributed by atoms with Crippen LogP contribution in [0.1, 0.15) is 66.7 Å². The SMILES string of the molecule is CCCc1noc2nc(C3CC3)cc(C(=O)N3CC4CCC(N)C4C3)c12.Cl. The first-order valence-corrected chi connectivity index (χ1v) is 9.99. The summed E-state index contributed by atoms with van der Waals surface area (Å²) in [4.78, 5) is 20.1. The Balaban J connectivity index is 0.00000180. The summed E-state index contributed by atoms with van der Waals surface area (Å²) in [6, 6.07) is 2.25. The van der Waals surface area contributed by atoms with Crippen molar-refractivity contribution in [2.24, 2.45) is 17.6 Å². The van der Waals surface area contributed by atoms with Crippen molar-refractivity contribution in [3.8, 4) is 0 Å². The first-order valence-electron chi connectivity index (χ1n) is 9.99. The minimum absolute atomic E-state index is 0. The number of halogens is 1. The van der Waals surface area contributed by atoms with Gasteiger partial charge in [0.1, 0.15) is 0 Å². The third-order valence-electron chi connectivity index (χ3n) is 6.45. The Morgan fingerprint density at radius 1 is 1.30 bits per heavy atom. The molecule has 0 radical (unpaired) electrons. The molecule has 146 valence electrons. The topological polar surface area (TPSA) is 85.2 Å². The van der Waals surface area contributed by atoms with Crippen LogP contribution in [-0.4, -0.2) is 40.1 Å². The highest BCUT2D eigenvalue weighted by Crippen LogP contribution is 2.42. The lowest BCUT2D eigenvalue weighted by Gasteiger charge is -2.19. The molecule has 3 atom stereocenters. The van der Waals surface area contributed by atoms with Gasteiger partial charge in [-0.1, -0.05) is 18.5 Å². The molecular formula is C20H27ClN4O2. The van der Waals surface area contributed by atoms with Crippen LogP contribution >= 0.6 is 12.4 Å². The van der Waals surface area contributed by atoms with Gasteiger partial charge >= 0.3 is 0 Å². The van der Waals surface area contributed by atoms with E-state index in [1.807, 2.05) is 11.0 Å². The summed E-state index contributed by atoms with van der Waals surface area (Å²) in [7, 11) is 0. The van der Waals surface area contributed by atoms with Gasteiger partial charge < -0.3 is 15.2 Å². The lowest BCUT2D eigenvalue weighted by atomic mass is 9.98. The minimum Gasteiger partial charge on any atom is -0.338 e. The number of carbonyl (C=O) groups excluding carboxylic acids is 1. The number of aromatic nitrogens is 2. The van der Waals surface area contributed by atoms with Crippen molar-refractivity contribution in [2.75, 3.05) is 13.1 Å². The number of nitrogens with zero attached hydrogens (tertiary/aromatic N) is 3. The number of pyridine rings is 1. The highest BCUT2D eigenvalue weighted by molar-refractivity contribution is 6.06. The molecule has 0 spiro atoms. The van der Waals surface area contributed by atoms with Gasteiger partial charge in [0, 0.05) is 30.7 Å². The van der Waals surface area contributed by atoms with Crippen molar-refractivity contribution in [1.29, 1.82) is 0 Å².